The van der Waals surface area contributed by atoms with Crippen LogP contribution in [-0.2, 0) is 0 Å². The topological polar surface area (TPSA) is 79.7 Å². The number of aromatic nitrogens is 2. The average molecular weight is 305 g/mol. The molecule has 1 aliphatic rings. The number of imidazole rings is 1. The van der Waals surface area contributed by atoms with Crippen LogP contribution in [0.1, 0.15) is 11.6 Å². The number of nitrogens with two attached hydrogens (primary N) is 1. The molecule has 5 nitrogen and oxygen atoms in total. The Balaban J connectivity index is 1.94. The summed E-state index contributed by atoms with van der Waals surface area (Å²) in [6, 6.07) is 15.3. The van der Waals surface area contributed by atoms with E-state index in [4.69, 9.17) is 5.73 Å². The van der Waals surface area contributed by atoms with E-state index in [1.807, 2.05) is 24.3 Å². The van der Waals surface area contributed by atoms with Crippen LogP contribution in [0.25, 0.3) is 16.9 Å². The van der Waals surface area contributed by atoms with E-state index in [0.29, 0.717) is 22.9 Å². The van der Waals surface area contributed by atoms with E-state index >= 15 is 0 Å². The second-order valence-electron chi connectivity index (χ2n) is 5.30. The van der Waals surface area contributed by atoms with Gasteiger partial charge < -0.3 is 11.1 Å². The molecule has 0 amide bonds. The van der Waals surface area contributed by atoms with Crippen LogP contribution in [0.15, 0.2) is 54.1 Å². The summed E-state index contributed by atoms with van der Waals surface area (Å²) in [6.45, 7) is 0. The molecule has 3 aromatic rings. The molecule has 23 heavy (non-hydrogen) atoms. The van der Waals surface area contributed by atoms with Gasteiger partial charge in [0.1, 0.15) is 17.7 Å². The van der Waals surface area contributed by atoms with Gasteiger partial charge in [-0.25, -0.2) is 9.37 Å². The van der Waals surface area contributed by atoms with Crippen molar-refractivity contribution in [2.24, 2.45) is 5.73 Å². The van der Waals surface area contributed by atoms with Gasteiger partial charge in [-0.05, 0) is 29.8 Å². The van der Waals surface area contributed by atoms with Crippen molar-refractivity contribution < 1.29 is 4.39 Å². The maximum absolute atomic E-state index is 13.5. The monoisotopic (exact) mass is 305 g/mol. The Morgan fingerprint density at radius 1 is 1.22 bits per heavy atom. The van der Waals surface area contributed by atoms with Crippen LogP contribution < -0.4 is 11.1 Å². The zero-order chi connectivity index (χ0) is 16.0. The van der Waals surface area contributed by atoms with E-state index in [9.17, 15) is 9.65 Å². The molecule has 0 spiro atoms. The van der Waals surface area contributed by atoms with Crippen LogP contribution >= 0.6 is 0 Å². The molecule has 1 aliphatic heterocycles. The Kier molecular flexibility index (Phi) is 2.81. The number of nitriles is 1. The quantitative estimate of drug-likeness (QED) is 0.724. The first kappa shape index (κ1) is 13.3. The van der Waals surface area contributed by atoms with Crippen molar-refractivity contribution in [3.8, 4) is 6.07 Å². The third kappa shape index (κ3) is 1.94. The molecular weight excluding hydrogens is 293 g/mol. The van der Waals surface area contributed by atoms with Crippen LogP contribution in [0.3, 0.4) is 0 Å². The van der Waals surface area contributed by atoms with Gasteiger partial charge in [0.2, 0.25) is 5.95 Å². The predicted octanol–water partition coefficient (Wildman–Crippen LogP) is 2.99. The lowest BCUT2D eigenvalue weighted by molar-refractivity contribution is 0.624. The first-order valence-corrected chi connectivity index (χ1v) is 7.08. The van der Waals surface area contributed by atoms with Crippen molar-refractivity contribution in [1.29, 1.82) is 5.26 Å². The maximum atomic E-state index is 13.5. The van der Waals surface area contributed by atoms with Gasteiger partial charge in [-0.2, -0.15) is 5.26 Å². The summed E-state index contributed by atoms with van der Waals surface area (Å²) in [4.78, 5) is 4.51. The fourth-order valence-electron chi connectivity index (χ4n) is 2.89. The molecule has 0 radical (unpaired) electrons. The summed E-state index contributed by atoms with van der Waals surface area (Å²) < 4.78 is 15.2. The summed E-state index contributed by atoms with van der Waals surface area (Å²) in [5, 5.41) is 12.7. The van der Waals surface area contributed by atoms with E-state index < -0.39 is 6.04 Å². The zero-order valence-electron chi connectivity index (χ0n) is 12.0. The first-order valence-electron chi connectivity index (χ1n) is 7.08. The number of nitrogens with one attached hydrogen (secondary N) is 1. The second-order valence-corrected chi connectivity index (χ2v) is 5.30. The highest BCUT2D eigenvalue weighted by molar-refractivity contribution is 5.85. The van der Waals surface area contributed by atoms with Crippen molar-refractivity contribution in [2.45, 2.75) is 6.04 Å². The summed E-state index contributed by atoms with van der Waals surface area (Å²) in [7, 11) is 0. The Hall–Kier alpha value is -3.33. The van der Waals surface area contributed by atoms with Crippen LogP contribution in [0.2, 0.25) is 0 Å². The van der Waals surface area contributed by atoms with Crippen molar-refractivity contribution in [2.75, 3.05) is 5.32 Å². The Morgan fingerprint density at radius 2 is 2.04 bits per heavy atom. The molecule has 4 rings (SSSR count). The van der Waals surface area contributed by atoms with Crippen LogP contribution in [0, 0.1) is 17.1 Å². The van der Waals surface area contributed by atoms with Gasteiger partial charge in [0.25, 0.3) is 0 Å². The standard InChI is InChI=1S/C17H12FN5/c18-11-5-3-4-10(8-11)15-12(9-19)16(20)23-14-7-2-1-6-13(14)21-17(23)22-15/h1-8,15H,20H2,(H,21,22)/t15-/m1/s1. The molecule has 2 heterocycles. The third-order valence-corrected chi connectivity index (χ3v) is 3.94. The second kappa shape index (κ2) is 4.85. The zero-order valence-corrected chi connectivity index (χ0v) is 12.0. The average Bonchev–Trinajstić information content (AvgIpc) is 2.93. The molecule has 2 aromatic carbocycles. The van der Waals surface area contributed by atoms with E-state index in [0.717, 1.165) is 11.0 Å². The number of hydrogen-bond donors (Lipinski definition) is 2. The van der Waals surface area contributed by atoms with Gasteiger partial charge in [0.05, 0.1) is 22.6 Å². The summed E-state index contributed by atoms with van der Waals surface area (Å²) in [6.07, 6.45) is 0. The minimum absolute atomic E-state index is 0.309. The van der Waals surface area contributed by atoms with Crippen molar-refractivity contribution in [3.05, 3.63) is 65.5 Å². The van der Waals surface area contributed by atoms with Gasteiger partial charge in [0.15, 0.2) is 0 Å². The van der Waals surface area contributed by atoms with Gasteiger partial charge in [0, 0.05) is 0 Å². The molecule has 3 N–H and O–H groups in total. The lowest BCUT2D eigenvalue weighted by Gasteiger charge is -2.26. The smallest absolute Gasteiger partial charge is 0.210 e. The Bertz CT molecular complexity index is 996. The fourth-order valence-corrected chi connectivity index (χ4v) is 2.89. The van der Waals surface area contributed by atoms with E-state index in [1.54, 1.807) is 16.7 Å². The summed E-state index contributed by atoms with van der Waals surface area (Å²) >= 11 is 0. The molecular formula is C17H12FN5. The molecule has 0 unspecified atom stereocenters. The fraction of sp³-hybridized carbons (Fsp3) is 0.0588. The van der Waals surface area contributed by atoms with E-state index in [2.05, 4.69) is 16.4 Å². The summed E-state index contributed by atoms with van der Waals surface area (Å²) in [5.41, 5.74) is 8.78. The number of rotatable bonds is 1. The third-order valence-electron chi connectivity index (χ3n) is 3.94. The molecule has 1 atom stereocenters. The number of hydrogen-bond acceptors (Lipinski definition) is 4. The lowest BCUT2D eigenvalue weighted by Crippen LogP contribution is -2.26. The van der Waals surface area contributed by atoms with Gasteiger partial charge in [-0.15, -0.1) is 0 Å². The number of para-hydroxylation sites is 2. The minimum atomic E-state index is -0.528. The molecule has 0 bridgehead atoms. The minimum Gasteiger partial charge on any atom is -0.384 e. The first-order chi connectivity index (χ1) is 11.2. The molecule has 112 valence electrons. The summed E-state index contributed by atoms with van der Waals surface area (Å²) in [5.74, 6) is 0.486. The van der Waals surface area contributed by atoms with Crippen molar-refractivity contribution in [3.63, 3.8) is 0 Å². The molecule has 0 saturated carbocycles. The lowest BCUT2D eigenvalue weighted by atomic mass is 9.98. The highest BCUT2D eigenvalue weighted by atomic mass is 19.1. The molecule has 6 heteroatoms. The number of fused-ring (bicyclic) bond motifs is 3. The highest BCUT2D eigenvalue weighted by Gasteiger charge is 2.29. The SMILES string of the molecule is N#CC1=C(N)n2c(nc3ccccc32)N[C@@H]1c1cccc(F)c1. The molecule has 0 aliphatic carbocycles. The van der Waals surface area contributed by atoms with E-state index in [-0.39, 0.29) is 5.82 Å². The number of anilines is 1. The molecule has 1 aromatic heterocycles. The largest absolute Gasteiger partial charge is 0.384 e. The molecule has 0 fully saturated rings. The van der Waals surface area contributed by atoms with Gasteiger partial charge in [-0.1, -0.05) is 24.3 Å². The molecule has 0 saturated heterocycles. The van der Waals surface area contributed by atoms with Crippen LogP contribution in [0.4, 0.5) is 10.3 Å². The highest BCUT2D eigenvalue weighted by Crippen LogP contribution is 2.36. The predicted molar refractivity (Wildman–Crippen MR) is 85.5 cm³/mol. The van der Waals surface area contributed by atoms with Gasteiger partial charge >= 0.3 is 0 Å². The van der Waals surface area contributed by atoms with Gasteiger partial charge in [-0.3, -0.25) is 4.57 Å². The van der Waals surface area contributed by atoms with Crippen LogP contribution in [0.5, 0.6) is 0 Å². The normalized spacial score (nSPS) is 16.8. The number of benzene rings is 2. The number of nitrogens with zero attached hydrogens (tertiary/aromatic N) is 3. The van der Waals surface area contributed by atoms with E-state index in [1.165, 1.54) is 12.1 Å². The van der Waals surface area contributed by atoms with Crippen LogP contribution in [-0.4, -0.2) is 9.55 Å². The maximum Gasteiger partial charge on any atom is 0.210 e. The number of halogens is 1. The Morgan fingerprint density at radius 3 is 2.83 bits per heavy atom. The van der Waals surface area contributed by atoms with Crippen molar-refractivity contribution >= 4 is 22.8 Å². The van der Waals surface area contributed by atoms with Crippen molar-refractivity contribution in [1.82, 2.24) is 9.55 Å². The Labute approximate surface area is 131 Å².